The Morgan fingerprint density at radius 1 is 1.33 bits per heavy atom. The van der Waals surface area contributed by atoms with Gasteiger partial charge in [-0.3, -0.25) is 4.79 Å². The molecule has 0 heterocycles. The summed E-state index contributed by atoms with van der Waals surface area (Å²) in [6.07, 6.45) is -3.04. The number of esters is 1. The van der Waals surface area contributed by atoms with Gasteiger partial charge in [0.1, 0.15) is 0 Å². The first-order valence-electron chi connectivity index (χ1n) is 4.71. The molecule has 0 aliphatic carbocycles. The van der Waals surface area contributed by atoms with E-state index in [1.807, 2.05) is 0 Å². The SMILES string of the molecule is CCCC(=O)OC(F)(F)c1ccccc1. The number of benzene rings is 1. The monoisotopic (exact) mass is 214 g/mol. The van der Waals surface area contributed by atoms with E-state index in [-0.39, 0.29) is 12.0 Å². The molecule has 0 aliphatic rings. The molecule has 0 aromatic heterocycles. The van der Waals surface area contributed by atoms with Crippen LogP contribution in [-0.4, -0.2) is 5.97 Å². The van der Waals surface area contributed by atoms with Gasteiger partial charge in [-0.1, -0.05) is 25.1 Å². The van der Waals surface area contributed by atoms with Crippen molar-refractivity contribution in [2.75, 3.05) is 0 Å². The van der Waals surface area contributed by atoms with Crippen LogP contribution in [0, 0.1) is 0 Å². The molecule has 0 amide bonds. The maximum atomic E-state index is 13.3. The molecule has 0 saturated carbocycles. The Morgan fingerprint density at radius 3 is 2.47 bits per heavy atom. The largest absolute Gasteiger partial charge is 0.428 e. The second-order valence-electron chi connectivity index (χ2n) is 3.11. The lowest BCUT2D eigenvalue weighted by molar-refractivity contribution is -0.240. The van der Waals surface area contributed by atoms with Crippen LogP contribution < -0.4 is 0 Å². The highest BCUT2D eigenvalue weighted by atomic mass is 19.3. The van der Waals surface area contributed by atoms with E-state index in [0.29, 0.717) is 6.42 Å². The summed E-state index contributed by atoms with van der Waals surface area (Å²) in [5, 5.41) is 0. The minimum absolute atomic E-state index is 0.00240. The van der Waals surface area contributed by atoms with Gasteiger partial charge in [0.15, 0.2) is 0 Å². The van der Waals surface area contributed by atoms with Gasteiger partial charge in [0.05, 0.1) is 5.56 Å². The van der Waals surface area contributed by atoms with Crippen molar-refractivity contribution in [3.05, 3.63) is 35.9 Å². The van der Waals surface area contributed by atoms with Crippen LogP contribution in [0.4, 0.5) is 8.78 Å². The Kier molecular flexibility index (Phi) is 3.77. The number of ether oxygens (including phenoxy) is 1. The van der Waals surface area contributed by atoms with Crippen molar-refractivity contribution in [1.82, 2.24) is 0 Å². The summed E-state index contributed by atoms with van der Waals surface area (Å²) < 4.78 is 30.7. The van der Waals surface area contributed by atoms with Crippen molar-refractivity contribution in [2.45, 2.75) is 25.9 Å². The van der Waals surface area contributed by atoms with E-state index in [9.17, 15) is 13.6 Å². The fraction of sp³-hybridized carbons (Fsp3) is 0.364. The molecule has 0 atom stereocenters. The Morgan fingerprint density at radius 2 is 1.93 bits per heavy atom. The Bertz CT molecular complexity index is 323. The molecule has 0 N–H and O–H groups in total. The van der Waals surface area contributed by atoms with Gasteiger partial charge in [-0.2, -0.15) is 8.78 Å². The fourth-order valence-corrected chi connectivity index (χ4v) is 1.09. The first kappa shape index (κ1) is 11.6. The molecule has 4 heteroatoms. The van der Waals surface area contributed by atoms with Crippen LogP contribution in [0.15, 0.2) is 30.3 Å². The van der Waals surface area contributed by atoms with Gasteiger partial charge in [-0.15, -0.1) is 0 Å². The maximum absolute atomic E-state index is 13.3. The summed E-state index contributed by atoms with van der Waals surface area (Å²) in [5.41, 5.74) is -0.311. The van der Waals surface area contributed by atoms with Crippen LogP contribution in [0.2, 0.25) is 0 Å². The number of halogens is 2. The molecular formula is C11H12F2O2. The van der Waals surface area contributed by atoms with Gasteiger partial charge in [0, 0.05) is 6.42 Å². The Labute approximate surface area is 86.9 Å². The van der Waals surface area contributed by atoms with Crippen molar-refractivity contribution < 1.29 is 18.3 Å². The molecule has 2 nitrogen and oxygen atoms in total. The molecule has 0 spiro atoms. The number of hydrogen-bond donors (Lipinski definition) is 0. The van der Waals surface area contributed by atoms with Crippen molar-refractivity contribution in [3.8, 4) is 0 Å². The zero-order valence-corrected chi connectivity index (χ0v) is 8.37. The molecule has 0 saturated heterocycles. The van der Waals surface area contributed by atoms with E-state index in [0.717, 1.165) is 0 Å². The molecule has 0 radical (unpaired) electrons. The normalized spacial score (nSPS) is 11.1. The summed E-state index contributed by atoms with van der Waals surface area (Å²) in [4.78, 5) is 10.9. The summed E-state index contributed by atoms with van der Waals surface area (Å²) in [6, 6.07) is 7.00. The van der Waals surface area contributed by atoms with Crippen LogP contribution in [0.3, 0.4) is 0 Å². The van der Waals surface area contributed by atoms with Crippen LogP contribution in [0.25, 0.3) is 0 Å². The predicted molar refractivity (Wildman–Crippen MR) is 51.3 cm³/mol. The number of carbonyl (C=O) groups excluding carboxylic acids is 1. The predicted octanol–water partition coefficient (Wildman–Crippen LogP) is 3.08. The topological polar surface area (TPSA) is 26.3 Å². The van der Waals surface area contributed by atoms with E-state index in [1.165, 1.54) is 24.3 Å². The molecule has 0 bridgehead atoms. The standard InChI is InChI=1S/C11H12F2O2/c1-2-6-10(14)15-11(12,13)9-7-4-3-5-8-9/h3-5,7-8H,2,6H2,1H3. The third-order valence-corrected chi connectivity index (χ3v) is 1.81. The second-order valence-corrected chi connectivity index (χ2v) is 3.11. The molecule has 1 aromatic rings. The van der Waals surface area contributed by atoms with Crippen molar-refractivity contribution in [3.63, 3.8) is 0 Å². The molecule has 82 valence electrons. The van der Waals surface area contributed by atoms with Crippen molar-refractivity contribution in [1.29, 1.82) is 0 Å². The van der Waals surface area contributed by atoms with E-state index in [2.05, 4.69) is 4.74 Å². The zero-order chi connectivity index (χ0) is 11.3. The quantitative estimate of drug-likeness (QED) is 0.720. The summed E-state index contributed by atoms with van der Waals surface area (Å²) >= 11 is 0. The van der Waals surface area contributed by atoms with E-state index >= 15 is 0 Å². The summed E-state index contributed by atoms with van der Waals surface area (Å²) in [5.74, 6) is -0.883. The van der Waals surface area contributed by atoms with E-state index in [4.69, 9.17) is 0 Å². The molecule has 0 fully saturated rings. The lowest BCUT2D eigenvalue weighted by Crippen LogP contribution is -2.22. The molecule has 0 unspecified atom stereocenters. The highest BCUT2D eigenvalue weighted by Gasteiger charge is 2.35. The van der Waals surface area contributed by atoms with Crippen LogP contribution in [0.1, 0.15) is 25.3 Å². The van der Waals surface area contributed by atoms with Gasteiger partial charge >= 0.3 is 12.1 Å². The third kappa shape index (κ3) is 3.31. The average molecular weight is 214 g/mol. The minimum atomic E-state index is -3.53. The van der Waals surface area contributed by atoms with Gasteiger partial charge < -0.3 is 4.74 Å². The third-order valence-electron chi connectivity index (χ3n) is 1.81. The summed E-state index contributed by atoms with van der Waals surface area (Å²) in [7, 11) is 0. The van der Waals surface area contributed by atoms with Gasteiger partial charge in [0.2, 0.25) is 0 Å². The van der Waals surface area contributed by atoms with Crippen molar-refractivity contribution >= 4 is 5.97 Å². The van der Waals surface area contributed by atoms with Crippen LogP contribution >= 0.6 is 0 Å². The number of rotatable bonds is 4. The van der Waals surface area contributed by atoms with Gasteiger partial charge in [0.25, 0.3) is 0 Å². The first-order valence-corrected chi connectivity index (χ1v) is 4.71. The molecule has 1 rings (SSSR count). The Balaban J connectivity index is 2.71. The minimum Gasteiger partial charge on any atom is -0.397 e. The van der Waals surface area contributed by atoms with Crippen LogP contribution in [-0.2, 0) is 15.6 Å². The van der Waals surface area contributed by atoms with E-state index < -0.39 is 12.1 Å². The highest BCUT2D eigenvalue weighted by Crippen LogP contribution is 2.29. The fourth-order valence-electron chi connectivity index (χ4n) is 1.09. The highest BCUT2D eigenvalue weighted by molar-refractivity contribution is 5.69. The Hall–Kier alpha value is -1.45. The number of hydrogen-bond acceptors (Lipinski definition) is 2. The average Bonchev–Trinajstić information content (AvgIpc) is 2.18. The molecule has 1 aromatic carbocycles. The zero-order valence-electron chi connectivity index (χ0n) is 8.37. The molecule has 0 aliphatic heterocycles. The molecular weight excluding hydrogens is 202 g/mol. The second kappa shape index (κ2) is 4.87. The lowest BCUT2D eigenvalue weighted by atomic mass is 10.2. The first-order chi connectivity index (χ1) is 7.06. The van der Waals surface area contributed by atoms with E-state index in [1.54, 1.807) is 13.0 Å². The van der Waals surface area contributed by atoms with Gasteiger partial charge in [-0.05, 0) is 18.6 Å². The number of alkyl halides is 2. The maximum Gasteiger partial charge on any atom is 0.428 e. The van der Waals surface area contributed by atoms with Crippen LogP contribution in [0.5, 0.6) is 0 Å². The van der Waals surface area contributed by atoms with Gasteiger partial charge in [-0.25, -0.2) is 0 Å². The molecule has 15 heavy (non-hydrogen) atoms. The lowest BCUT2D eigenvalue weighted by Gasteiger charge is -2.16. The smallest absolute Gasteiger partial charge is 0.397 e. The van der Waals surface area contributed by atoms with Crippen molar-refractivity contribution in [2.24, 2.45) is 0 Å². The summed E-state index contributed by atoms with van der Waals surface area (Å²) in [6.45, 7) is 1.72. The number of carbonyl (C=O) groups is 1.